The third-order valence-corrected chi connectivity index (χ3v) is 5.91. The van der Waals surface area contributed by atoms with Gasteiger partial charge in [0.1, 0.15) is 28.5 Å². The molecular weight excluding hydrogens is 490 g/mol. The molecular formula is C27H25F4N3O3. The van der Waals surface area contributed by atoms with Gasteiger partial charge in [0, 0.05) is 30.7 Å². The Morgan fingerprint density at radius 2 is 1.73 bits per heavy atom. The van der Waals surface area contributed by atoms with Crippen LogP contribution in [0.5, 0.6) is 11.5 Å². The predicted molar refractivity (Wildman–Crippen MR) is 133 cm³/mol. The lowest BCUT2D eigenvalue weighted by Crippen LogP contribution is -2.28. The number of rotatable bonds is 6. The zero-order valence-electron chi connectivity index (χ0n) is 20.6. The van der Waals surface area contributed by atoms with E-state index in [2.05, 4.69) is 10.3 Å². The molecule has 0 spiro atoms. The number of benzene rings is 2. The maximum atomic E-state index is 13.7. The van der Waals surface area contributed by atoms with Crippen LogP contribution < -0.4 is 15.6 Å². The normalized spacial score (nSPS) is 11.7. The van der Waals surface area contributed by atoms with Crippen molar-refractivity contribution in [3.05, 3.63) is 81.2 Å². The molecule has 37 heavy (non-hydrogen) atoms. The van der Waals surface area contributed by atoms with Crippen molar-refractivity contribution in [2.45, 2.75) is 33.4 Å². The van der Waals surface area contributed by atoms with Crippen molar-refractivity contribution in [3.63, 3.8) is 0 Å². The van der Waals surface area contributed by atoms with Crippen LogP contribution in [0.1, 0.15) is 33.6 Å². The van der Waals surface area contributed by atoms with Gasteiger partial charge in [0.15, 0.2) is 0 Å². The summed E-state index contributed by atoms with van der Waals surface area (Å²) in [5.41, 5.74) is 3.16. The van der Waals surface area contributed by atoms with Crippen LogP contribution >= 0.6 is 0 Å². The number of aryl methyl sites for hydroxylation is 4. The summed E-state index contributed by atoms with van der Waals surface area (Å²) in [6, 6.07) is 9.69. The molecule has 1 amide bonds. The van der Waals surface area contributed by atoms with Crippen LogP contribution in [-0.2, 0) is 7.05 Å². The second-order valence-electron chi connectivity index (χ2n) is 9.06. The van der Waals surface area contributed by atoms with Gasteiger partial charge in [0.05, 0.1) is 6.42 Å². The molecule has 10 heteroatoms. The van der Waals surface area contributed by atoms with Gasteiger partial charge < -0.3 is 19.6 Å². The highest BCUT2D eigenvalue weighted by molar-refractivity contribution is 6.02. The number of pyridine rings is 1. The Morgan fingerprint density at radius 3 is 2.38 bits per heavy atom. The molecule has 4 aromatic rings. The largest absolute Gasteiger partial charge is 0.457 e. The molecule has 2 aromatic carbocycles. The van der Waals surface area contributed by atoms with Gasteiger partial charge >= 0.3 is 6.18 Å². The molecule has 6 nitrogen and oxygen atoms in total. The summed E-state index contributed by atoms with van der Waals surface area (Å²) in [7, 11) is 1.56. The molecule has 0 fully saturated rings. The summed E-state index contributed by atoms with van der Waals surface area (Å²) in [6.45, 7) is 4.79. The van der Waals surface area contributed by atoms with Gasteiger partial charge in [-0.1, -0.05) is 6.07 Å². The van der Waals surface area contributed by atoms with Crippen LogP contribution in [0, 0.1) is 26.6 Å². The standard InChI is InChI=1S/C27H25F4N3O3/c1-14-7-17(11-19(8-14)37-24-15(2)9-18(28)10-16(24)3)21-13-34(4)26(36)23-20(21)12-22(33-23)25(35)32-6-5-27(29,30)31/h7-13,33H,5-6H2,1-4H3,(H,32,35). The molecule has 0 saturated heterocycles. The third-order valence-electron chi connectivity index (χ3n) is 5.91. The summed E-state index contributed by atoms with van der Waals surface area (Å²) < 4.78 is 58.6. The molecule has 0 atom stereocenters. The van der Waals surface area contributed by atoms with Gasteiger partial charge in [-0.25, -0.2) is 4.39 Å². The number of ether oxygens (including phenoxy) is 1. The number of nitrogens with one attached hydrogen (secondary N) is 2. The number of fused-ring (bicyclic) bond motifs is 1. The summed E-state index contributed by atoms with van der Waals surface area (Å²) >= 11 is 0. The number of nitrogens with zero attached hydrogens (tertiary/aromatic N) is 1. The van der Waals surface area contributed by atoms with E-state index in [-0.39, 0.29) is 17.0 Å². The predicted octanol–water partition coefficient (Wildman–Crippen LogP) is 6.07. The zero-order valence-corrected chi connectivity index (χ0v) is 20.6. The Morgan fingerprint density at radius 1 is 1.05 bits per heavy atom. The van der Waals surface area contributed by atoms with E-state index in [4.69, 9.17) is 4.74 Å². The lowest BCUT2D eigenvalue weighted by molar-refractivity contribution is -0.133. The summed E-state index contributed by atoms with van der Waals surface area (Å²) in [6.07, 6.45) is -3.94. The molecule has 194 valence electrons. The number of hydrogen-bond donors (Lipinski definition) is 2. The zero-order chi connectivity index (χ0) is 27.1. The number of H-pyrrole nitrogens is 1. The first-order chi connectivity index (χ1) is 17.3. The van der Waals surface area contributed by atoms with E-state index in [1.807, 2.05) is 19.1 Å². The fraction of sp³-hybridized carbons (Fsp3) is 0.259. The number of amides is 1. The van der Waals surface area contributed by atoms with Gasteiger partial charge in [-0.15, -0.1) is 0 Å². The maximum absolute atomic E-state index is 13.7. The van der Waals surface area contributed by atoms with Crippen LogP contribution in [0.25, 0.3) is 22.0 Å². The Balaban J connectivity index is 1.74. The van der Waals surface area contributed by atoms with Gasteiger partial charge in [0.25, 0.3) is 11.5 Å². The lowest BCUT2D eigenvalue weighted by atomic mass is 10.0. The van der Waals surface area contributed by atoms with E-state index in [0.717, 1.165) is 5.56 Å². The molecule has 2 aromatic heterocycles. The highest BCUT2D eigenvalue weighted by atomic mass is 19.4. The van der Waals surface area contributed by atoms with Crippen molar-refractivity contribution < 1.29 is 27.1 Å². The number of carbonyl (C=O) groups is 1. The number of hydrogen-bond acceptors (Lipinski definition) is 3. The average molecular weight is 516 g/mol. The molecule has 0 aliphatic carbocycles. The summed E-state index contributed by atoms with van der Waals surface area (Å²) in [5.74, 6) is -0.0759. The van der Waals surface area contributed by atoms with Crippen molar-refractivity contribution in [3.8, 4) is 22.6 Å². The highest BCUT2D eigenvalue weighted by Crippen LogP contribution is 2.35. The van der Waals surface area contributed by atoms with E-state index >= 15 is 0 Å². The Bertz CT molecular complexity index is 1540. The van der Waals surface area contributed by atoms with Crippen molar-refractivity contribution in [1.82, 2.24) is 14.9 Å². The number of halogens is 4. The second kappa shape index (κ2) is 9.76. The molecule has 0 aliphatic rings. The number of aromatic nitrogens is 2. The topological polar surface area (TPSA) is 76.1 Å². The Labute approximate surface area is 209 Å². The van der Waals surface area contributed by atoms with E-state index in [0.29, 0.717) is 39.1 Å². The SMILES string of the molecule is Cc1cc(Oc2c(C)cc(F)cc2C)cc(-c2cn(C)c(=O)c3[nH]c(C(=O)NCCC(F)(F)F)cc23)c1. The van der Waals surface area contributed by atoms with E-state index in [9.17, 15) is 27.2 Å². The van der Waals surface area contributed by atoms with Crippen LogP contribution in [0.2, 0.25) is 0 Å². The molecule has 0 saturated carbocycles. The molecule has 0 radical (unpaired) electrons. The van der Waals surface area contributed by atoms with E-state index in [1.54, 1.807) is 33.2 Å². The van der Waals surface area contributed by atoms with Crippen LogP contribution in [0.4, 0.5) is 17.6 Å². The number of carbonyl (C=O) groups excluding carboxylic acids is 1. The first-order valence-electron chi connectivity index (χ1n) is 11.5. The first kappa shape index (κ1) is 26.0. The molecule has 4 rings (SSSR count). The minimum absolute atomic E-state index is 0.0246. The molecule has 0 aliphatic heterocycles. The Hall–Kier alpha value is -4.08. The summed E-state index contributed by atoms with van der Waals surface area (Å²) in [5, 5.41) is 2.66. The van der Waals surface area contributed by atoms with Crippen molar-refractivity contribution >= 4 is 16.8 Å². The van der Waals surface area contributed by atoms with Gasteiger partial charge in [-0.2, -0.15) is 13.2 Å². The second-order valence-corrected chi connectivity index (χ2v) is 9.06. The maximum Gasteiger partial charge on any atom is 0.390 e. The number of alkyl halides is 3. The summed E-state index contributed by atoms with van der Waals surface area (Å²) in [4.78, 5) is 28.0. The number of aromatic amines is 1. The lowest BCUT2D eigenvalue weighted by Gasteiger charge is -2.14. The van der Waals surface area contributed by atoms with Crippen molar-refractivity contribution in [2.75, 3.05) is 6.54 Å². The van der Waals surface area contributed by atoms with Gasteiger partial charge in [-0.3, -0.25) is 9.59 Å². The van der Waals surface area contributed by atoms with Crippen molar-refractivity contribution in [2.24, 2.45) is 7.05 Å². The van der Waals surface area contributed by atoms with Gasteiger partial charge in [-0.05, 0) is 73.4 Å². The highest BCUT2D eigenvalue weighted by Gasteiger charge is 2.27. The molecule has 2 heterocycles. The van der Waals surface area contributed by atoms with Crippen LogP contribution in [0.15, 0.2) is 47.4 Å². The van der Waals surface area contributed by atoms with E-state index in [1.165, 1.54) is 22.8 Å². The van der Waals surface area contributed by atoms with Gasteiger partial charge in [0.2, 0.25) is 0 Å². The molecule has 0 unspecified atom stereocenters. The minimum Gasteiger partial charge on any atom is -0.457 e. The monoisotopic (exact) mass is 515 g/mol. The van der Waals surface area contributed by atoms with Crippen LogP contribution in [0.3, 0.4) is 0 Å². The van der Waals surface area contributed by atoms with Crippen LogP contribution in [-0.4, -0.2) is 28.2 Å². The quantitative estimate of drug-likeness (QED) is 0.306. The first-order valence-corrected chi connectivity index (χ1v) is 11.5. The smallest absolute Gasteiger partial charge is 0.390 e. The Kier molecular flexibility index (Phi) is 6.86. The minimum atomic E-state index is -4.40. The molecule has 2 N–H and O–H groups in total. The van der Waals surface area contributed by atoms with Crippen molar-refractivity contribution in [1.29, 1.82) is 0 Å². The fourth-order valence-corrected chi connectivity index (χ4v) is 4.24. The average Bonchev–Trinajstić information content (AvgIpc) is 3.23. The molecule has 0 bridgehead atoms. The third kappa shape index (κ3) is 5.68. The van der Waals surface area contributed by atoms with E-state index < -0.39 is 30.6 Å². The fourth-order valence-electron chi connectivity index (χ4n) is 4.24.